The van der Waals surface area contributed by atoms with Crippen LogP contribution in [0.3, 0.4) is 0 Å². The van der Waals surface area contributed by atoms with Crippen molar-refractivity contribution in [2.45, 2.75) is 19.8 Å². The van der Waals surface area contributed by atoms with Gasteiger partial charge in [0.05, 0.1) is 18.7 Å². The van der Waals surface area contributed by atoms with Crippen LogP contribution in [0, 0.1) is 12.8 Å². The predicted octanol–water partition coefficient (Wildman–Crippen LogP) is 3.55. The summed E-state index contributed by atoms with van der Waals surface area (Å²) in [6.07, 6.45) is 1.73. The van der Waals surface area contributed by atoms with Crippen molar-refractivity contribution in [3.8, 4) is 5.75 Å². The molecule has 3 aromatic rings. The number of hydrogen-bond donors (Lipinski definition) is 1. The van der Waals surface area contributed by atoms with Crippen molar-refractivity contribution in [2.75, 3.05) is 30.4 Å². The van der Waals surface area contributed by atoms with Gasteiger partial charge in [0.15, 0.2) is 5.65 Å². The monoisotopic (exact) mass is 399 g/mol. The van der Waals surface area contributed by atoms with Gasteiger partial charge in [-0.1, -0.05) is 17.7 Å². The molecule has 1 unspecified atom stereocenters. The summed E-state index contributed by atoms with van der Waals surface area (Å²) < 4.78 is 7.35. The summed E-state index contributed by atoms with van der Waals surface area (Å²) in [5.41, 5.74) is 2.46. The number of piperidine rings is 1. The molecule has 7 nitrogen and oxygen atoms in total. The molecule has 146 valence electrons. The second-order valence-corrected chi connectivity index (χ2v) is 7.42. The Labute approximate surface area is 168 Å². The molecule has 1 atom stereocenters. The number of carbonyl (C=O) groups is 1. The fourth-order valence-electron chi connectivity index (χ4n) is 3.67. The number of carbonyl (C=O) groups excluding carboxylic acids is 1. The number of anilines is 2. The Morgan fingerprint density at radius 3 is 2.96 bits per heavy atom. The molecule has 3 heterocycles. The van der Waals surface area contributed by atoms with Crippen LogP contribution in [0.2, 0.25) is 5.02 Å². The second kappa shape index (κ2) is 7.67. The summed E-state index contributed by atoms with van der Waals surface area (Å²) >= 11 is 6.07. The first-order valence-electron chi connectivity index (χ1n) is 9.27. The highest BCUT2D eigenvalue weighted by molar-refractivity contribution is 6.31. The number of aryl methyl sites for hydroxylation is 1. The zero-order chi connectivity index (χ0) is 19.7. The number of aromatic nitrogens is 3. The Bertz CT molecular complexity index is 1020. The Morgan fingerprint density at radius 1 is 1.29 bits per heavy atom. The van der Waals surface area contributed by atoms with Gasteiger partial charge in [0.1, 0.15) is 5.75 Å². The molecule has 8 heteroatoms. The van der Waals surface area contributed by atoms with Crippen molar-refractivity contribution < 1.29 is 9.53 Å². The van der Waals surface area contributed by atoms with Gasteiger partial charge < -0.3 is 15.0 Å². The SMILES string of the molecule is COc1ccc(Cl)cc1NC(=O)C1CCCN(c2nnc3cccc(C)n23)C1. The topological polar surface area (TPSA) is 71.8 Å². The lowest BCUT2D eigenvalue weighted by Gasteiger charge is -2.32. The van der Waals surface area contributed by atoms with Gasteiger partial charge in [-0.05, 0) is 50.1 Å². The highest BCUT2D eigenvalue weighted by Crippen LogP contribution is 2.29. The molecule has 1 aliphatic heterocycles. The summed E-state index contributed by atoms with van der Waals surface area (Å²) in [7, 11) is 1.57. The van der Waals surface area contributed by atoms with E-state index >= 15 is 0 Å². The number of fused-ring (bicyclic) bond motifs is 1. The Morgan fingerprint density at radius 2 is 2.14 bits per heavy atom. The zero-order valence-electron chi connectivity index (χ0n) is 15.9. The maximum Gasteiger partial charge on any atom is 0.231 e. The van der Waals surface area contributed by atoms with E-state index in [1.807, 2.05) is 29.5 Å². The molecule has 1 amide bonds. The van der Waals surface area contributed by atoms with Crippen LogP contribution in [0.15, 0.2) is 36.4 Å². The molecule has 0 bridgehead atoms. The van der Waals surface area contributed by atoms with Gasteiger partial charge in [-0.2, -0.15) is 0 Å². The van der Waals surface area contributed by atoms with E-state index in [1.165, 1.54) is 0 Å². The minimum atomic E-state index is -0.159. The third-order valence-electron chi connectivity index (χ3n) is 5.10. The molecule has 0 radical (unpaired) electrons. The number of amides is 1. The summed E-state index contributed by atoms with van der Waals surface area (Å²) in [6, 6.07) is 11.1. The van der Waals surface area contributed by atoms with Gasteiger partial charge in [0.25, 0.3) is 0 Å². The number of benzene rings is 1. The van der Waals surface area contributed by atoms with Crippen LogP contribution in [0.25, 0.3) is 5.65 Å². The van der Waals surface area contributed by atoms with Crippen LogP contribution in [0.4, 0.5) is 11.6 Å². The van der Waals surface area contributed by atoms with E-state index in [1.54, 1.807) is 25.3 Å². The van der Waals surface area contributed by atoms with Gasteiger partial charge in [-0.3, -0.25) is 9.20 Å². The maximum absolute atomic E-state index is 12.9. The minimum absolute atomic E-state index is 0.0455. The molecule has 1 aliphatic rings. The van der Waals surface area contributed by atoms with E-state index in [0.29, 0.717) is 23.0 Å². The number of rotatable bonds is 4. The Hall–Kier alpha value is -2.80. The van der Waals surface area contributed by atoms with Crippen LogP contribution >= 0.6 is 11.6 Å². The number of nitrogens with zero attached hydrogens (tertiary/aromatic N) is 4. The normalized spacial score (nSPS) is 17.0. The van der Waals surface area contributed by atoms with Crippen molar-refractivity contribution in [1.82, 2.24) is 14.6 Å². The first-order valence-corrected chi connectivity index (χ1v) is 9.64. The predicted molar refractivity (Wildman–Crippen MR) is 109 cm³/mol. The lowest BCUT2D eigenvalue weighted by molar-refractivity contribution is -0.120. The number of pyridine rings is 1. The van der Waals surface area contributed by atoms with Crippen molar-refractivity contribution in [3.63, 3.8) is 0 Å². The molecule has 0 aliphatic carbocycles. The quantitative estimate of drug-likeness (QED) is 0.726. The van der Waals surface area contributed by atoms with E-state index < -0.39 is 0 Å². The van der Waals surface area contributed by atoms with Gasteiger partial charge in [0, 0.05) is 23.8 Å². The van der Waals surface area contributed by atoms with Crippen LogP contribution in [0.5, 0.6) is 5.75 Å². The van der Waals surface area contributed by atoms with Crippen LogP contribution < -0.4 is 15.0 Å². The average Bonchev–Trinajstić information content (AvgIpc) is 3.14. The van der Waals surface area contributed by atoms with Gasteiger partial charge in [-0.25, -0.2) is 0 Å². The lowest BCUT2D eigenvalue weighted by Crippen LogP contribution is -2.41. The average molecular weight is 400 g/mol. The van der Waals surface area contributed by atoms with E-state index in [-0.39, 0.29) is 11.8 Å². The largest absolute Gasteiger partial charge is 0.495 e. The minimum Gasteiger partial charge on any atom is -0.495 e. The third-order valence-corrected chi connectivity index (χ3v) is 5.34. The van der Waals surface area contributed by atoms with Crippen LogP contribution in [-0.4, -0.2) is 40.7 Å². The summed E-state index contributed by atoms with van der Waals surface area (Å²) in [5, 5.41) is 12.1. The fourth-order valence-corrected chi connectivity index (χ4v) is 3.84. The summed E-state index contributed by atoms with van der Waals surface area (Å²) in [6.45, 7) is 3.46. The number of methoxy groups -OCH3 is 1. The van der Waals surface area contributed by atoms with Crippen LogP contribution in [-0.2, 0) is 4.79 Å². The van der Waals surface area contributed by atoms with E-state index in [2.05, 4.69) is 20.4 Å². The molecule has 4 rings (SSSR count). The number of ether oxygens (including phenoxy) is 1. The highest BCUT2D eigenvalue weighted by atomic mass is 35.5. The molecular formula is C20H22ClN5O2. The molecule has 28 heavy (non-hydrogen) atoms. The van der Waals surface area contributed by atoms with E-state index in [0.717, 1.165) is 36.7 Å². The number of hydrogen-bond acceptors (Lipinski definition) is 5. The fraction of sp³-hybridized carbons (Fsp3) is 0.350. The van der Waals surface area contributed by atoms with E-state index in [4.69, 9.17) is 16.3 Å². The lowest BCUT2D eigenvalue weighted by atomic mass is 9.97. The standard InChI is InChI=1S/C20H22ClN5O2/c1-13-5-3-7-18-23-24-20(26(13)18)25-10-4-6-14(12-25)19(27)22-16-11-15(21)8-9-17(16)28-2/h3,5,7-9,11,14H,4,6,10,12H2,1-2H3,(H,22,27). The van der Waals surface area contributed by atoms with Gasteiger partial charge >= 0.3 is 0 Å². The van der Waals surface area contributed by atoms with Crippen molar-refractivity contribution in [3.05, 3.63) is 47.1 Å². The Kier molecular flexibility index (Phi) is 5.09. The molecule has 1 fully saturated rings. The highest BCUT2D eigenvalue weighted by Gasteiger charge is 2.29. The second-order valence-electron chi connectivity index (χ2n) is 6.98. The molecule has 0 saturated carbocycles. The smallest absolute Gasteiger partial charge is 0.231 e. The van der Waals surface area contributed by atoms with Crippen LogP contribution in [0.1, 0.15) is 18.5 Å². The van der Waals surface area contributed by atoms with Crippen molar-refractivity contribution >= 4 is 34.8 Å². The van der Waals surface area contributed by atoms with Gasteiger partial charge in [-0.15, -0.1) is 10.2 Å². The number of halogens is 1. The molecule has 1 aromatic carbocycles. The first-order chi connectivity index (χ1) is 13.6. The number of nitrogens with one attached hydrogen (secondary N) is 1. The van der Waals surface area contributed by atoms with Gasteiger partial charge in [0.2, 0.25) is 11.9 Å². The Balaban J connectivity index is 1.54. The molecular weight excluding hydrogens is 378 g/mol. The summed E-state index contributed by atoms with van der Waals surface area (Å²) in [5.74, 6) is 1.17. The zero-order valence-corrected chi connectivity index (χ0v) is 16.6. The molecule has 2 aromatic heterocycles. The third kappa shape index (κ3) is 3.49. The molecule has 1 saturated heterocycles. The summed E-state index contributed by atoms with van der Waals surface area (Å²) in [4.78, 5) is 15.0. The van der Waals surface area contributed by atoms with Crippen molar-refractivity contribution in [1.29, 1.82) is 0 Å². The van der Waals surface area contributed by atoms with Crippen molar-refractivity contribution in [2.24, 2.45) is 5.92 Å². The maximum atomic E-state index is 12.9. The molecule has 1 N–H and O–H groups in total. The first kappa shape index (κ1) is 18.6. The van der Waals surface area contributed by atoms with E-state index in [9.17, 15) is 4.79 Å². The molecule has 0 spiro atoms.